The molecule has 0 bridgehead atoms. The quantitative estimate of drug-likeness (QED) is 0.371. The lowest BCUT2D eigenvalue weighted by atomic mass is 10.2. The first-order chi connectivity index (χ1) is 14.6. The number of ether oxygens (including phenoxy) is 1. The zero-order valence-corrected chi connectivity index (χ0v) is 17.5. The van der Waals surface area contributed by atoms with Gasteiger partial charge in [0.25, 0.3) is 15.9 Å². The second kappa shape index (κ2) is 8.88. The van der Waals surface area contributed by atoms with Crippen LogP contribution in [0.1, 0.15) is 23.0 Å². The highest BCUT2D eigenvalue weighted by atomic mass is 32.2. The van der Waals surface area contributed by atoms with Gasteiger partial charge in [-0.25, -0.2) is 13.2 Å². The predicted octanol–water partition coefficient (Wildman–Crippen LogP) is 2.55. The number of nitrogens with two attached hydrogens (primary N) is 1. The largest absolute Gasteiger partial charge is 0.449 e. The Hall–Kier alpha value is -3.86. The molecule has 2 aromatic carbocycles. The minimum Gasteiger partial charge on any atom is -0.449 e. The van der Waals surface area contributed by atoms with Crippen LogP contribution < -0.4 is 15.8 Å². The number of sulfonamides is 1. The highest BCUT2D eigenvalue weighted by Crippen LogP contribution is 2.18. The normalized spacial score (nSPS) is 12.1. The molecule has 31 heavy (non-hydrogen) atoms. The Labute approximate surface area is 178 Å². The van der Waals surface area contributed by atoms with E-state index in [1.165, 1.54) is 49.4 Å². The van der Waals surface area contributed by atoms with E-state index in [0.29, 0.717) is 17.1 Å². The average molecular weight is 444 g/mol. The summed E-state index contributed by atoms with van der Waals surface area (Å²) in [6.07, 6.45) is -1.08. The van der Waals surface area contributed by atoms with Crippen molar-refractivity contribution in [2.75, 3.05) is 15.8 Å². The molecule has 0 aliphatic heterocycles. The number of hydrogen-bond donors (Lipinski definition) is 3. The van der Waals surface area contributed by atoms with Crippen molar-refractivity contribution in [2.45, 2.75) is 24.8 Å². The van der Waals surface area contributed by atoms with Gasteiger partial charge in [0.1, 0.15) is 5.76 Å². The van der Waals surface area contributed by atoms with Gasteiger partial charge in [-0.2, -0.15) is 0 Å². The highest BCUT2D eigenvalue weighted by Gasteiger charge is 2.20. The Kier molecular flexibility index (Phi) is 6.25. The van der Waals surface area contributed by atoms with Crippen molar-refractivity contribution < 1.29 is 27.3 Å². The van der Waals surface area contributed by atoms with E-state index in [-0.39, 0.29) is 16.3 Å². The predicted molar refractivity (Wildman–Crippen MR) is 113 cm³/mol. The van der Waals surface area contributed by atoms with Gasteiger partial charge in [0.05, 0.1) is 10.5 Å². The molecular weight excluding hydrogens is 424 g/mol. The smallest absolute Gasteiger partial charge is 0.338 e. The Morgan fingerprint density at radius 2 is 1.74 bits per heavy atom. The molecule has 1 unspecified atom stereocenters. The van der Waals surface area contributed by atoms with E-state index in [4.69, 9.17) is 15.0 Å². The van der Waals surface area contributed by atoms with Crippen LogP contribution in [0.4, 0.5) is 17.2 Å². The molecule has 0 aliphatic carbocycles. The third kappa shape index (κ3) is 5.60. The second-order valence-corrected chi connectivity index (χ2v) is 8.29. The van der Waals surface area contributed by atoms with E-state index in [1.54, 1.807) is 19.1 Å². The molecule has 1 aromatic heterocycles. The number of benzene rings is 2. The van der Waals surface area contributed by atoms with E-state index in [0.717, 1.165) is 0 Å². The standard InChI is InChI=1S/C20H20N4O6S/c1-12-11-18(23-30-12)24-31(27,28)17-9-7-16(8-10-17)22-19(25)13(2)29-20(26)14-3-5-15(21)6-4-14/h3-11,13H,21H2,1-2H3,(H,22,25)(H,23,24). The average Bonchev–Trinajstić information content (AvgIpc) is 3.12. The van der Waals surface area contributed by atoms with Crippen molar-refractivity contribution in [3.8, 4) is 0 Å². The first-order valence-electron chi connectivity index (χ1n) is 9.07. The Morgan fingerprint density at radius 1 is 1.10 bits per heavy atom. The monoisotopic (exact) mass is 444 g/mol. The number of nitrogen functional groups attached to an aromatic ring is 1. The molecule has 0 fully saturated rings. The molecule has 0 saturated heterocycles. The van der Waals surface area contributed by atoms with Gasteiger partial charge in [0.15, 0.2) is 11.9 Å². The maximum atomic E-state index is 12.4. The van der Waals surface area contributed by atoms with Crippen LogP contribution in [0.15, 0.2) is 64.0 Å². The third-order valence-corrected chi connectivity index (χ3v) is 5.47. The number of amides is 1. The van der Waals surface area contributed by atoms with Gasteiger partial charge in [-0.1, -0.05) is 5.16 Å². The Bertz CT molecular complexity index is 1190. The summed E-state index contributed by atoms with van der Waals surface area (Å²) in [5.74, 6) is -0.720. The van der Waals surface area contributed by atoms with Gasteiger partial charge < -0.3 is 20.3 Å². The van der Waals surface area contributed by atoms with Gasteiger partial charge in [0.2, 0.25) is 0 Å². The summed E-state index contributed by atoms with van der Waals surface area (Å²) in [5, 5.41) is 6.14. The van der Waals surface area contributed by atoms with Crippen LogP contribution in [0.2, 0.25) is 0 Å². The number of rotatable bonds is 7. The lowest BCUT2D eigenvalue weighted by Crippen LogP contribution is -2.30. The molecule has 3 rings (SSSR count). The fourth-order valence-corrected chi connectivity index (χ4v) is 3.46. The molecule has 0 spiro atoms. The van der Waals surface area contributed by atoms with E-state index < -0.39 is 28.0 Å². The van der Waals surface area contributed by atoms with Crippen LogP contribution in [0.3, 0.4) is 0 Å². The number of hydrogen-bond acceptors (Lipinski definition) is 8. The number of carbonyl (C=O) groups excluding carboxylic acids is 2. The van der Waals surface area contributed by atoms with Gasteiger partial charge in [0, 0.05) is 17.4 Å². The number of aryl methyl sites for hydroxylation is 1. The van der Waals surface area contributed by atoms with Crippen LogP contribution in [0.5, 0.6) is 0 Å². The van der Waals surface area contributed by atoms with E-state index in [2.05, 4.69) is 15.2 Å². The fraction of sp³-hybridized carbons (Fsp3) is 0.150. The zero-order chi connectivity index (χ0) is 22.6. The third-order valence-electron chi connectivity index (χ3n) is 4.10. The minimum absolute atomic E-state index is 0.0334. The molecule has 1 amide bonds. The van der Waals surface area contributed by atoms with Crippen LogP contribution in [0.25, 0.3) is 0 Å². The summed E-state index contributed by atoms with van der Waals surface area (Å²) >= 11 is 0. The molecule has 162 valence electrons. The van der Waals surface area contributed by atoms with Crippen LogP contribution in [0, 0.1) is 6.92 Å². The molecular formula is C20H20N4O6S. The Morgan fingerprint density at radius 3 is 2.32 bits per heavy atom. The van der Waals surface area contributed by atoms with E-state index in [9.17, 15) is 18.0 Å². The molecule has 1 heterocycles. The second-order valence-electron chi connectivity index (χ2n) is 6.61. The summed E-state index contributed by atoms with van der Waals surface area (Å²) in [7, 11) is -3.87. The van der Waals surface area contributed by atoms with Crippen molar-refractivity contribution in [3.05, 3.63) is 65.9 Å². The lowest BCUT2D eigenvalue weighted by Gasteiger charge is -2.14. The molecule has 10 nitrogen and oxygen atoms in total. The van der Waals surface area contributed by atoms with Crippen LogP contribution in [-0.4, -0.2) is 31.6 Å². The zero-order valence-electron chi connectivity index (χ0n) is 16.7. The van der Waals surface area contributed by atoms with Crippen molar-refractivity contribution in [1.29, 1.82) is 0 Å². The molecule has 11 heteroatoms. The summed E-state index contributed by atoms with van der Waals surface area (Å²) in [6, 6.07) is 13.0. The number of anilines is 3. The number of nitrogens with zero attached hydrogens (tertiary/aromatic N) is 1. The van der Waals surface area contributed by atoms with Crippen molar-refractivity contribution in [1.82, 2.24) is 5.16 Å². The number of carbonyl (C=O) groups is 2. The number of aromatic nitrogens is 1. The Balaban J connectivity index is 1.60. The molecule has 4 N–H and O–H groups in total. The summed E-state index contributed by atoms with van der Waals surface area (Å²) < 4.78 is 37.0. The number of nitrogens with one attached hydrogen (secondary N) is 2. The van der Waals surface area contributed by atoms with E-state index in [1.807, 2.05) is 0 Å². The highest BCUT2D eigenvalue weighted by molar-refractivity contribution is 7.92. The van der Waals surface area contributed by atoms with Gasteiger partial charge in [-0.3, -0.25) is 9.52 Å². The molecule has 1 atom stereocenters. The van der Waals surface area contributed by atoms with Gasteiger partial charge in [-0.05, 0) is 62.4 Å². The lowest BCUT2D eigenvalue weighted by molar-refractivity contribution is -0.123. The maximum Gasteiger partial charge on any atom is 0.338 e. The van der Waals surface area contributed by atoms with Crippen molar-refractivity contribution in [2.24, 2.45) is 0 Å². The topological polar surface area (TPSA) is 154 Å². The van der Waals surface area contributed by atoms with E-state index >= 15 is 0 Å². The summed E-state index contributed by atoms with van der Waals surface area (Å²) in [5.41, 5.74) is 6.67. The van der Waals surface area contributed by atoms with Gasteiger partial charge in [-0.15, -0.1) is 0 Å². The maximum absolute atomic E-state index is 12.4. The van der Waals surface area contributed by atoms with Crippen LogP contribution in [-0.2, 0) is 19.6 Å². The first kappa shape index (κ1) is 21.8. The van der Waals surface area contributed by atoms with Crippen molar-refractivity contribution in [3.63, 3.8) is 0 Å². The van der Waals surface area contributed by atoms with Gasteiger partial charge >= 0.3 is 5.97 Å². The summed E-state index contributed by atoms with van der Waals surface area (Å²) in [6.45, 7) is 3.06. The molecule has 0 aliphatic rings. The SMILES string of the molecule is Cc1cc(NS(=O)(=O)c2ccc(NC(=O)C(C)OC(=O)c3ccc(N)cc3)cc2)no1. The molecule has 0 saturated carbocycles. The first-order valence-corrected chi connectivity index (χ1v) is 10.6. The molecule has 0 radical (unpaired) electrons. The summed E-state index contributed by atoms with van der Waals surface area (Å²) in [4.78, 5) is 24.4. The minimum atomic E-state index is -3.87. The number of esters is 1. The molecule has 3 aromatic rings. The van der Waals surface area contributed by atoms with Crippen molar-refractivity contribution >= 4 is 39.1 Å². The van der Waals surface area contributed by atoms with Crippen LogP contribution >= 0.6 is 0 Å². The fourth-order valence-electron chi connectivity index (χ4n) is 2.47.